The predicted octanol–water partition coefficient (Wildman–Crippen LogP) is 4.17. The molecule has 0 spiro atoms. The quantitative estimate of drug-likeness (QED) is 0.409. The van der Waals surface area contributed by atoms with Crippen LogP contribution in [0.2, 0.25) is 0 Å². The van der Waals surface area contributed by atoms with Crippen molar-refractivity contribution in [2.75, 3.05) is 26.2 Å². The number of carbonyl (C=O) groups excluding carboxylic acids is 1. The van der Waals surface area contributed by atoms with Gasteiger partial charge in [0, 0.05) is 51.2 Å². The Morgan fingerprint density at radius 1 is 0.829 bits per heavy atom. The summed E-state index contributed by atoms with van der Waals surface area (Å²) in [5, 5.41) is 0.778. The van der Waals surface area contributed by atoms with Gasteiger partial charge in [-0.15, -0.1) is 0 Å². The number of hydrogen-bond acceptors (Lipinski definition) is 5. The maximum Gasteiger partial charge on any atom is 0.253 e. The first-order chi connectivity index (χ1) is 17.4. The highest BCUT2D eigenvalue weighted by Crippen LogP contribution is 2.24. The van der Waals surface area contributed by atoms with E-state index in [1.165, 1.54) is 0 Å². The summed E-state index contributed by atoms with van der Waals surface area (Å²) in [5.74, 6) is -0.247. The second-order valence-electron chi connectivity index (χ2n) is 8.66. The summed E-state index contributed by atoms with van der Waals surface area (Å²) in [6, 6.07) is 25.3. The summed E-state index contributed by atoms with van der Waals surface area (Å²) >= 11 is 0. The molecule has 3 aromatic carbocycles. The van der Waals surface area contributed by atoms with E-state index in [2.05, 4.69) is 9.88 Å². The highest BCUT2D eigenvalue weighted by molar-refractivity contribution is 7.90. The lowest BCUT2D eigenvalue weighted by Gasteiger charge is -2.34. The number of nitrogens with zero attached hydrogens (tertiary/aromatic N) is 3. The summed E-state index contributed by atoms with van der Waals surface area (Å²) in [6.07, 6.45) is 1.59. The molecule has 4 aromatic rings. The maximum atomic E-state index is 13.1. The van der Waals surface area contributed by atoms with Crippen molar-refractivity contribution in [3.63, 3.8) is 0 Å². The van der Waals surface area contributed by atoms with Gasteiger partial charge in [0.25, 0.3) is 5.91 Å². The van der Waals surface area contributed by atoms with Crippen LogP contribution in [0, 0.1) is 0 Å². The zero-order valence-corrected chi connectivity index (χ0v) is 20.1. The van der Waals surface area contributed by atoms with Crippen molar-refractivity contribution in [3.05, 3.63) is 108 Å². The molecule has 1 saturated heterocycles. The number of rotatable bonds is 6. The highest BCUT2D eigenvalue weighted by Gasteiger charge is 2.23. The SMILES string of the molecule is [2H]C(c1ccccc1)N1CCN(C(=O)c2ccc(CS(=O)(=O)c3cccc4cccnc34)cc2)CC1. The van der Waals surface area contributed by atoms with Gasteiger partial charge in [-0.3, -0.25) is 14.7 Å². The Balaban J connectivity index is 1.23. The Labute approximate surface area is 207 Å². The Morgan fingerprint density at radius 3 is 2.29 bits per heavy atom. The monoisotopic (exact) mass is 486 g/mol. The highest BCUT2D eigenvalue weighted by atomic mass is 32.2. The first-order valence-electron chi connectivity index (χ1n) is 12.2. The second-order valence-corrected chi connectivity index (χ2v) is 10.6. The van der Waals surface area contributed by atoms with E-state index in [1.807, 2.05) is 42.5 Å². The fraction of sp³-hybridized carbons (Fsp3) is 0.214. The van der Waals surface area contributed by atoms with Crippen LogP contribution in [0.1, 0.15) is 22.9 Å². The van der Waals surface area contributed by atoms with Gasteiger partial charge in [0.15, 0.2) is 9.84 Å². The molecule has 0 bridgehead atoms. The van der Waals surface area contributed by atoms with Crippen LogP contribution in [0.5, 0.6) is 0 Å². The zero-order valence-electron chi connectivity index (χ0n) is 20.2. The predicted molar refractivity (Wildman–Crippen MR) is 137 cm³/mol. The van der Waals surface area contributed by atoms with Crippen LogP contribution in [0.4, 0.5) is 0 Å². The molecule has 1 fully saturated rings. The molecule has 0 N–H and O–H groups in total. The molecule has 1 atom stereocenters. The minimum absolute atomic E-state index is 0.0800. The molecule has 6 nitrogen and oxygen atoms in total. The summed E-state index contributed by atoms with van der Waals surface area (Å²) in [6.45, 7) is 1.91. The Bertz CT molecular complexity index is 1460. The van der Waals surface area contributed by atoms with Crippen molar-refractivity contribution in [2.24, 2.45) is 0 Å². The standard InChI is InChI=1S/C28H27N3O3S/c32-28(31-18-16-30(17-19-31)20-22-6-2-1-3-7-22)25-13-11-23(12-14-25)21-35(33,34)26-10-4-8-24-9-5-15-29-27(24)26/h1-15H,16-21H2/i20D. The van der Waals surface area contributed by atoms with Gasteiger partial charge >= 0.3 is 0 Å². The normalized spacial score (nSPS) is 16.1. The minimum Gasteiger partial charge on any atom is -0.336 e. The van der Waals surface area contributed by atoms with Crippen molar-refractivity contribution < 1.29 is 14.6 Å². The van der Waals surface area contributed by atoms with Gasteiger partial charge in [-0.2, -0.15) is 0 Å². The molecule has 178 valence electrons. The maximum absolute atomic E-state index is 13.1. The van der Waals surface area contributed by atoms with E-state index in [9.17, 15) is 13.2 Å². The lowest BCUT2D eigenvalue weighted by atomic mass is 10.1. The number of benzene rings is 3. The van der Waals surface area contributed by atoms with E-state index >= 15 is 0 Å². The van der Waals surface area contributed by atoms with Crippen LogP contribution in [0.3, 0.4) is 0 Å². The van der Waals surface area contributed by atoms with Gasteiger partial charge in [0.1, 0.15) is 0 Å². The fourth-order valence-corrected chi connectivity index (χ4v) is 5.89. The molecule has 5 rings (SSSR count). The third-order valence-corrected chi connectivity index (χ3v) is 7.93. The van der Waals surface area contributed by atoms with E-state index in [1.54, 1.807) is 53.6 Å². The topological polar surface area (TPSA) is 70.6 Å². The first kappa shape index (κ1) is 21.9. The van der Waals surface area contributed by atoms with E-state index < -0.39 is 16.4 Å². The van der Waals surface area contributed by atoms with E-state index in [4.69, 9.17) is 1.37 Å². The molecule has 1 aliphatic rings. The number of amides is 1. The molecule has 1 amide bonds. The van der Waals surface area contributed by atoms with Gasteiger partial charge in [-0.25, -0.2) is 8.42 Å². The van der Waals surface area contributed by atoms with Crippen molar-refractivity contribution in [1.29, 1.82) is 0 Å². The van der Waals surface area contributed by atoms with Crippen molar-refractivity contribution in [2.45, 2.75) is 17.2 Å². The van der Waals surface area contributed by atoms with Gasteiger partial charge in [0.2, 0.25) is 0 Å². The van der Waals surface area contributed by atoms with Crippen LogP contribution >= 0.6 is 0 Å². The van der Waals surface area contributed by atoms with E-state index in [0.29, 0.717) is 42.8 Å². The third-order valence-electron chi connectivity index (χ3n) is 6.22. The molecule has 1 aromatic heterocycles. The molecule has 2 heterocycles. The van der Waals surface area contributed by atoms with E-state index in [0.717, 1.165) is 10.9 Å². The average molecular weight is 487 g/mol. The number of pyridine rings is 1. The average Bonchev–Trinajstić information content (AvgIpc) is 2.93. The Morgan fingerprint density at radius 2 is 1.54 bits per heavy atom. The number of fused-ring (bicyclic) bond motifs is 1. The number of carbonyl (C=O) groups is 1. The molecule has 1 unspecified atom stereocenters. The molecule has 7 heteroatoms. The Kier molecular flexibility index (Phi) is 6.26. The smallest absolute Gasteiger partial charge is 0.253 e. The van der Waals surface area contributed by atoms with Gasteiger partial charge in [0.05, 0.1) is 16.2 Å². The van der Waals surface area contributed by atoms with Crippen molar-refractivity contribution in [3.8, 4) is 0 Å². The first-order valence-corrected chi connectivity index (χ1v) is 13.2. The largest absolute Gasteiger partial charge is 0.336 e. The summed E-state index contributed by atoms with van der Waals surface area (Å²) in [7, 11) is -3.61. The molecule has 0 saturated carbocycles. The fourth-order valence-electron chi connectivity index (χ4n) is 4.35. The Hall–Kier alpha value is -3.55. The van der Waals surface area contributed by atoms with Gasteiger partial charge < -0.3 is 4.90 Å². The van der Waals surface area contributed by atoms with E-state index in [-0.39, 0.29) is 16.6 Å². The number of hydrogen-bond donors (Lipinski definition) is 0. The van der Waals surface area contributed by atoms with Crippen molar-refractivity contribution in [1.82, 2.24) is 14.8 Å². The number of aromatic nitrogens is 1. The van der Waals surface area contributed by atoms with Crippen molar-refractivity contribution >= 4 is 26.6 Å². The molecule has 35 heavy (non-hydrogen) atoms. The van der Waals surface area contributed by atoms with Crippen LogP contribution in [-0.4, -0.2) is 55.3 Å². The lowest BCUT2D eigenvalue weighted by Crippen LogP contribution is -2.48. The summed E-state index contributed by atoms with van der Waals surface area (Å²) in [5.41, 5.74) is 2.56. The second kappa shape index (κ2) is 9.98. The summed E-state index contributed by atoms with van der Waals surface area (Å²) in [4.78, 5) is 21.4. The molecule has 0 radical (unpaired) electrons. The van der Waals surface area contributed by atoms with Crippen LogP contribution in [0.25, 0.3) is 10.9 Å². The number of para-hydroxylation sites is 1. The zero-order chi connectivity index (χ0) is 25.1. The minimum atomic E-state index is -3.61. The number of sulfone groups is 1. The van der Waals surface area contributed by atoms with Gasteiger partial charge in [-0.1, -0.05) is 60.7 Å². The molecular weight excluding hydrogens is 458 g/mol. The van der Waals surface area contributed by atoms with Crippen LogP contribution in [-0.2, 0) is 22.1 Å². The van der Waals surface area contributed by atoms with Crippen LogP contribution in [0.15, 0.2) is 96.0 Å². The lowest BCUT2D eigenvalue weighted by molar-refractivity contribution is 0.0628. The number of piperazine rings is 1. The summed E-state index contributed by atoms with van der Waals surface area (Å²) < 4.78 is 34.8. The molecule has 0 aliphatic carbocycles. The molecule has 1 aliphatic heterocycles. The molecular formula is C28H27N3O3S. The van der Waals surface area contributed by atoms with Crippen LogP contribution < -0.4 is 0 Å². The van der Waals surface area contributed by atoms with Gasteiger partial charge in [-0.05, 0) is 35.4 Å². The third kappa shape index (κ3) is 5.26.